The minimum atomic E-state index is -0.0836. The van der Waals surface area contributed by atoms with E-state index in [0.717, 1.165) is 30.8 Å². The summed E-state index contributed by atoms with van der Waals surface area (Å²) in [6.07, 6.45) is 3.29. The molecule has 1 atom stereocenters. The van der Waals surface area contributed by atoms with E-state index in [2.05, 4.69) is 22.0 Å². The molecule has 2 aromatic heterocycles. The molecule has 2 aromatic rings. The maximum absolute atomic E-state index is 12.5. The molecule has 1 aliphatic rings. The van der Waals surface area contributed by atoms with Crippen molar-refractivity contribution in [3.05, 3.63) is 23.3 Å². The van der Waals surface area contributed by atoms with E-state index < -0.39 is 0 Å². The highest BCUT2D eigenvalue weighted by molar-refractivity contribution is 5.91. The Hall–Kier alpha value is -1.98. The van der Waals surface area contributed by atoms with Gasteiger partial charge in [0.15, 0.2) is 0 Å². The Bertz CT molecular complexity index is 663. The van der Waals surface area contributed by atoms with Gasteiger partial charge >= 0.3 is 0 Å². The lowest BCUT2D eigenvalue weighted by Gasteiger charge is -2.32. The first-order valence-corrected chi connectivity index (χ1v) is 7.08. The summed E-state index contributed by atoms with van der Waals surface area (Å²) in [4.78, 5) is 23.0. The predicted octanol–water partition coefficient (Wildman–Crippen LogP) is 1.76. The third-order valence-corrected chi connectivity index (χ3v) is 3.87. The summed E-state index contributed by atoms with van der Waals surface area (Å²) in [5.41, 5.74) is 1.82. The fourth-order valence-electron chi connectivity index (χ4n) is 2.79. The van der Waals surface area contributed by atoms with E-state index in [4.69, 9.17) is 0 Å². The summed E-state index contributed by atoms with van der Waals surface area (Å²) in [5, 5.41) is 4.31. The van der Waals surface area contributed by atoms with E-state index in [9.17, 15) is 4.79 Å². The number of carbonyl (C=O) groups excluding carboxylic acids is 1. The van der Waals surface area contributed by atoms with Crippen LogP contribution in [0.25, 0.3) is 5.78 Å². The maximum Gasteiger partial charge on any atom is 0.293 e. The number of amides is 1. The van der Waals surface area contributed by atoms with Crippen molar-refractivity contribution in [1.29, 1.82) is 0 Å². The third-order valence-electron chi connectivity index (χ3n) is 3.87. The van der Waals surface area contributed by atoms with Crippen LogP contribution in [0.4, 0.5) is 0 Å². The van der Waals surface area contributed by atoms with Crippen LogP contribution < -0.4 is 0 Å². The second-order valence-electron chi connectivity index (χ2n) is 5.53. The standard InChI is InChI=1S/C14H19N5O/c1-9-8-11(3)19-14(15-9)16-12(17-19)13(20)18-7-5-4-6-10(18)2/h8,10H,4-7H2,1-3H3. The van der Waals surface area contributed by atoms with Crippen molar-refractivity contribution in [3.63, 3.8) is 0 Å². The zero-order valence-corrected chi connectivity index (χ0v) is 12.1. The highest BCUT2D eigenvalue weighted by Gasteiger charge is 2.27. The quantitative estimate of drug-likeness (QED) is 0.794. The molecule has 6 heteroatoms. The lowest BCUT2D eigenvalue weighted by Crippen LogP contribution is -2.42. The van der Waals surface area contributed by atoms with Crippen LogP contribution in [0.1, 0.15) is 48.2 Å². The lowest BCUT2D eigenvalue weighted by molar-refractivity contribution is 0.0623. The fraction of sp³-hybridized carbons (Fsp3) is 0.571. The van der Waals surface area contributed by atoms with Crippen molar-refractivity contribution in [2.75, 3.05) is 6.54 Å². The number of rotatable bonds is 1. The Morgan fingerprint density at radius 3 is 2.85 bits per heavy atom. The number of hydrogen-bond donors (Lipinski definition) is 0. The van der Waals surface area contributed by atoms with Crippen molar-refractivity contribution in [2.45, 2.75) is 46.1 Å². The van der Waals surface area contributed by atoms with Gasteiger partial charge in [0.25, 0.3) is 11.7 Å². The number of piperidine rings is 1. The average molecular weight is 273 g/mol. The van der Waals surface area contributed by atoms with Crippen LogP contribution in [-0.4, -0.2) is 43.0 Å². The number of aryl methyl sites for hydroxylation is 2. The second kappa shape index (κ2) is 4.85. The van der Waals surface area contributed by atoms with Crippen molar-refractivity contribution >= 4 is 11.7 Å². The van der Waals surface area contributed by atoms with Gasteiger partial charge in [0.05, 0.1) is 0 Å². The predicted molar refractivity (Wildman–Crippen MR) is 74.6 cm³/mol. The number of likely N-dealkylation sites (tertiary alicyclic amines) is 1. The van der Waals surface area contributed by atoms with Gasteiger partial charge in [-0.2, -0.15) is 4.98 Å². The van der Waals surface area contributed by atoms with Gasteiger partial charge < -0.3 is 4.90 Å². The van der Waals surface area contributed by atoms with Crippen molar-refractivity contribution in [2.24, 2.45) is 0 Å². The molecule has 1 amide bonds. The first-order chi connectivity index (χ1) is 9.56. The molecule has 106 valence electrons. The second-order valence-corrected chi connectivity index (χ2v) is 5.53. The van der Waals surface area contributed by atoms with Crippen LogP contribution in [-0.2, 0) is 0 Å². The van der Waals surface area contributed by atoms with Gasteiger partial charge in [0, 0.05) is 24.0 Å². The van der Waals surface area contributed by atoms with E-state index in [1.54, 1.807) is 4.52 Å². The van der Waals surface area contributed by atoms with E-state index in [0.29, 0.717) is 5.78 Å². The first kappa shape index (κ1) is 13.0. The van der Waals surface area contributed by atoms with Crippen molar-refractivity contribution in [1.82, 2.24) is 24.5 Å². The molecule has 0 N–H and O–H groups in total. The Labute approximate surface area is 117 Å². The summed E-state index contributed by atoms with van der Waals surface area (Å²) < 4.78 is 1.63. The lowest BCUT2D eigenvalue weighted by atomic mass is 10.0. The number of aromatic nitrogens is 4. The van der Waals surface area contributed by atoms with Gasteiger partial charge in [-0.25, -0.2) is 9.50 Å². The number of carbonyl (C=O) groups is 1. The topological polar surface area (TPSA) is 63.4 Å². The Kier molecular flexibility index (Phi) is 3.16. The monoisotopic (exact) mass is 273 g/mol. The number of fused-ring (bicyclic) bond motifs is 1. The molecule has 0 aliphatic carbocycles. The van der Waals surface area contributed by atoms with Crippen LogP contribution >= 0.6 is 0 Å². The van der Waals surface area contributed by atoms with Crippen LogP contribution in [0.3, 0.4) is 0 Å². The zero-order valence-electron chi connectivity index (χ0n) is 12.1. The van der Waals surface area contributed by atoms with Gasteiger partial charge in [-0.15, -0.1) is 5.10 Å². The summed E-state index contributed by atoms with van der Waals surface area (Å²) in [6.45, 7) is 6.73. The summed E-state index contributed by atoms with van der Waals surface area (Å²) in [5.74, 6) is 0.662. The molecular formula is C14H19N5O. The van der Waals surface area contributed by atoms with Crippen LogP contribution in [0.5, 0.6) is 0 Å². The molecular weight excluding hydrogens is 254 g/mol. The maximum atomic E-state index is 12.5. The third kappa shape index (κ3) is 2.15. The molecule has 0 radical (unpaired) electrons. The highest BCUT2D eigenvalue weighted by atomic mass is 16.2. The molecule has 0 aromatic carbocycles. The summed E-state index contributed by atoms with van der Waals surface area (Å²) in [7, 11) is 0. The molecule has 1 fully saturated rings. The van der Waals surface area contributed by atoms with Crippen LogP contribution in [0, 0.1) is 13.8 Å². The molecule has 3 heterocycles. The molecule has 1 saturated heterocycles. The van der Waals surface area contributed by atoms with Crippen molar-refractivity contribution in [3.8, 4) is 0 Å². The molecule has 0 spiro atoms. The molecule has 1 aliphatic heterocycles. The van der Waals surface area contributed by atoms with Gasteiger partial charge in [-0.3, -0.25) is 4.79 Å². The van der Waals surface area contributed by atoms with Crippen LogP contribution in [0.15, 0.2) is 6.07 Å². The van der Waals surface area contributed by atoms with Gasteiger partial charge in [-0.1, -0.05) is 0 Å². The Balaban J connectivity index is 1.97. The average Bonchev–Trinajstić information content (AvgIpc) is 2.82. The van der Waals surface area contributed by atoms with Gasteiger partial charge in [-0.05, 0) is 46.1 Å². The van der Waals surface area contributed by atoms with E-state index in [-0.39, 0.29) is 17.8 Å². The molecule has 0 saturated carbocycles. The summed E-state index contributed by atoms with van der Waals surface area (Å²) in [6, 6.07) is 2.19. The fourth-order valence-corrected chi connectivity index (χ4v) is 2.79. The molecule has 6 nitrogen and oxygen atoms in total. The smallest absolute Gasteiger partial charge is 0.293 e. The number of nitrogens with zero attached hydrogens (tertiary/aromatic N) is 5. The highest BCUT2D eigenvalue weighted by Crippen LogP contribution is 2.18. The Morgan fingerprint density at radius 1 is 1.30 bits per heavy atom. The zero-order chi connectivity index (χ0) is 14.3. The molecule has 20 heavy (non-hydrogen) atoms. The largest absolute Gasteiger partial charge is 0.333 e. The summed E-state index contributed by atoms with van der Waals surface area (Å²) >= 11 is 0. The van der Waals surface area contributed by atoms with Crippen LogP contribution in [0.2, 0.25) is 0 Å². The van der Waals surface area contributed by atoms with Gasteiger partial charge in [0.1, 0.15) is 0 Å². The van der Waals surface area contributed by atoms with E-state index in [1.165, 1.54) is 6.42 Å². The SMILES string of the molecule is Cc1cc(C)n2nc(C(=O)N3CCCCC3C)nc2n1. The molecule has 1 unspecified atom stereocenters. The minimum absolute atomic E-state index is 0.0836. The number of hydrogen-bond acceptors (Lipinski definition) is 4. The molecule has 0 bridgehead atoms. The van der Waals surface area contributed by atoms with Gasteiger partial charge in [0.2, 0.25) is 5.82 Å². The van der Waals surface area contributed by atoms with E-state index >= 15 is 0 Å². The van der Waals surface area contributed by atoms with E-state index in [1.807, 2.05) is 24.8 Å². The Morgan fingerprint density at radius 2 is 2.10 bits per heavy atom. The van der Waals surface area contributed by atoms with Crippen molar-refractivity contribution < 1.29 is 4.79 Å². The molecule has 3 rings (SSSR count). The minimum Gasteiger partial charge on any atom is -0.333 e. The first-order valence-electron chi connectivity index (χ1n) is 7.08. The normalized spacial score (nSPS) is 19.6.